The Morgan fingerprint density at radius 1 is 1.07 bits per heavy atom. The van der Waals surface area contributed by atoms with Crippen LogP contribution in [0.15, 0.2) is 18.2 Å². The summed E-state index contributed by atoms with van der Waals surface area (Å²) >= 11 is 2.56. The summed E-state index contributed by atoms with van der Waals surface area (Å²) in [6.07, 6.45) is 0. The Morgan fingerprint density at radius 2 is 1.47 bits per heavy atom. The highest BCUT2D eigenvalue weighted by atomic mass is 79.9. The minimum Gasteiger partial charge on any atom is -0.281 e. The van der Waals surface area contributed by atoms with Crippen LogP contribution in [-0.2, 0) is 0 Å². The molecule has 0 radical (unpaired) electrons. The molecule has 0 bridgehead atoms. The number of nitro groups is 2. The van der Waals surface area contributed by atoms with Crippen molar-refractivity contribution < 1.29 is 14.6 Å². The van der Waals surface area contributed by atoms with E-state index in [1.807, 2.05) is 0 Å². The fourth-order valence-electron chi connectivity index (χ4n) is 0.919. The Hall–Kier alpha value is -1.83. The number of halogens is 1. The minimum absolute atomic E-state index is 0.129. The lowest BCUT2D eigenvalue weighted by atomic mass is 10.2. The maximum atomic E-state index is 10.9. The molecule has 1 aromatic rings. The Balaban J connectivity index is 3.39. The average Bonchev–Trinajstić information content (AvgIpc) is 2.16. The number of hydrogen-bond donors (Lipinski definition) is 0. The molecule has 0 aliphatic rings. The largest absolute Gasteiger partial charge is 0.281 e. The van der Waals surface area contributed by atoms with Crippen LogP contribution in [0.5, 0.6) is 0 Å². The van der Waals surface area contributed by atoms with E-state index in [0.717, 1.165) is 18.2 Å². The second kappa shape index (κ2) is 4.13. The van der Waals surface area contributed by atoms with Gasteiger partial charge in [0.05, 0.1) is 15.9 Å². The van der Waals surface area contributed by atoms with Gasteiger partial charge in [-0.25, -0.2) is 0 Å². The molecule has 0 amide bonds. The Bertz CT molecular complexity index is 380. The fraction of sp³-hybridized carbons (Fsp3) is 0. The molecule has 0 atom stereocenters. The van der Waals surface area contributed by atoms with E-state index < -0.39 is 25.9 Å². The van der Waals surface area contributed by atoms with Crippen molar-refractivity contribution in [1.29, 1.82) is 0 Å². The van der Waals surface area contributed by atoms with Crippen LogP contribution < -0.4 is 0 Å². The average molecular weight is 275 g/mol. The Labute approximate surface area is 91.1 Å². The van der Waals surface area contributed by atoms with Crippen LogP contribution in [-0.4, -0.2) is 14.5 Å². The van der Waals surface area contributed by atoms with Crippen molar-refractivity contribution in [3.63, 3.8) is 0 Å². The second-order valence-corrected chi connectivity index (χ2v) is 3.25. The zero-order chi connectivity index (χ0) is 11.6. The van der Waals surface area contributed by atoms with Crippen LogP contribution in [0.4, 0.5) is 11.4 Å². The molecule has 0 aliphatic carbocycles. The molecular formula is C7H3BrN2O5. The highest BCUT2D eigenvalue weighted by Gasteiger charge is 2.18. The first kappa shape index (κ1) is 11.2. The maximum Gasteiger partial charge on any atom is 0.277 e. The van der Waals surface area contributed by atoms with Crippen LogP contribution in [0.2, 0.25) is 0 Å². The van der Waals surface area contributed by atoms with Crippen molar-refractivity contribution in [2.45, 2.75) is 0 Å². The van der Waals surface area contributed by atoms with Crippen molar-refractivity contribution >= 4 is 32.0 Å². The van der Waals surface area contributed by atoms with Gasteiger partial charge in [0.25, 0.3) is 11.4 Å². The van der Waals surface area contributed by atoms with E-state index in [0.29, 0.717) is 0 Å². The molecule has 0 saturated heterocycles. The molecule has 7 nitrogen and oxygen atoms in total. The van der Waals surface area contributed by atoms with Gasteiger partial charge in [-0.05, 0) is 15.9 Å². The van der Waals surface area contributed by atoms with Crippen molar-refractivity contribution in [2.75, 3.05) is 0 Å². The molecule has 0 aromatic heterocycles. The molecule has 1 aromatic carbocycles. The van der Waals surface area contributed by atoms with Gasteiger partial charge in [0, 0.05) is 17.7 Å². The van der Waals surface area contributed by atoms with Gasteiger partial charge in [0.1, 0.15) is 0 Å². The third-order valence-electron chi connectivity index (χ3n) is 1.55. The van der Waals surface area contributed by atoms with Crippen molar-refractivity contribution in [3.05, 3.63) is 44.0 Å². The summed E-state index contributed by atoms with van der Waals surface area (Å²) in [5.74, 6) is 0. The first-order chi connectivity index (χ1) is 6.91. The monoisotopic (exact) mass is 274 g/mol. The Morgan fingerprint density at radius 3 is 1.73 bits per heavy atom. The van der Waals surface area contributed by atoms with Gasteiger partial charge < -0.3 is 0 Å². The molecule has 0 fully saturated rings. The summed E-state index contributed by atoms with van der Waals surface area (Å²) in [6.45, 7) is 0. The summed E-state index contributed by atoms with van der Waals surface area (Å²) < 4.78 is -0.644. The number of non-ortho nitro benzene ring substituents is 2. The van der Waals surface area contributed by atoms with Crippen LogP contribution in [0.25, 0.3) is 0 Å². The number of carbonyl (C=O) groups excluding carboxylic acids is 1. The third kappa shape index (κ3) is 2.56. The summed E-state index contributed by atoms with van der Waals surface area (Å²) in [5.41, 5.74) is -1.12. The number of nitrogens with zero attached hydrogens (tertiary/aromatic N) is 2. The lowest BCUT2D eigenvalue weighted by Gasteiger charge is -1.96. The van der Waals surface area contributed by atoms with E-state index in [-0.39, 0.29) is 5.56 Å². The first-order valence-corrected chi connectivity index (χ1v) is 4.35. The summed E-state index contributed by atoms with van der Waals surface area (Å²) in [6, 6.07) is 2.72. The molecule has 0 unspecified atom stereocenters. The molecule has 15 heavy (non-hydrogen) atoms. The zero-order valence-electron chi connectivity index (χ0n) is 7.05. The lowest BCUT2D eigenvalue weighted by molar-refractivity contribution is -0.394. The topological polar surface area (TPSA) is 103 Å². The summed E-state index contributed by atoms with van der Waals surface area (Å²) in [5, 5.41) is 20.8. The van der Waals surface area contributed by atoms with Gasteiger partial charge >= 0.3 is 0 Å². The van der Waals surface area contributed by atoms with E-state index in [4.69, 9.17) is 0 Å². The molecule has 0 spiro atoms. The molecule has 1 rings (SSSR count). The van der Waals surface area contributed by atoms with Gasteiger partial charge in [0.2, 0.25) is 4.69 Å². The van der Waals surface area contributed by atoms with Crippen molar-refractivity contribution in [1.82, 2.24) is 0 Å². The molecule has 0 saturated carbocycles. The SMILES string of the molecule is O=C(Br)c1cc([N+](=O)[O-])cc([N+](=O)[O-])c1. The van der Waals surface area contributed by atoms with Crippen molar-refractivity contribution in [2.24, 2.45) is 0 Å². The smallest absolute Gasteiger partial charge is 0.277 e. The van der Waals surface area contributed by atoms with Crippen molar-refractivity contribution in [3.8, 4) is 0 Å². The van der Waals surface area contributed by atoms with Gasteiger partial charge in [-0.1, -0.05) is 0 Å². The van der Waals surface area contributed by atoms with Gasteiger partial charge in [0.15, 0.2) is 0 Å². The lowest BCUT2D eigenvalue weighted by Crippen LogP contribution is -1.97. The predicted octanol–water partition coefficient (Wildman–Crippen LogP) is 2.04. The Kier molecular flexibility index (Phi) is 3.10. The van der Waals surface area contributed by atoms with E-state index in [1.165, 1.54) is 0 Å². The van der Waals surface area contributed by atoms with E-state index in [2.05, 4.69) is 15.9 Å². The number of hydrogen-bond acceptors (Lipinski definition) is 5. The predicted molar refractivity (Wildman–Crippen MR) is 53.0 cm³/mol. The van der Waals surface area contributed by atoms with E-state index in [1.54, 1.807) is 0 Å². The van der Waals surface area contributed by atoms with Gasteiger partial charge in [-0.2, -0.15) is 0 Å². The summed E-state index contributed by atoms with van der Waals surface area (Å²) in [7, 11) is 0. The van der Waals surface area contributed by atoms with Crippen LogP contribution in [0.1, 0.15) is 10.4 Å². The molecule has 0 N–H and O–H groups in total. The van der Waals surface area contributed by atoms with Gasteiger partial charge in [-0.3, -0.25) is 25.0 Å². The van der Waals surface area contributed by atoms with Crippen LogP contribution in [0, 0.1) is 20.2 Å². The van der Waals surface area contributed by atoms with Crippen LogP contribution in [0.3, 0.4) is 0 Å². The van der Waals surface area contributed by atoms with Crippen LogP contribution >= 0.6 is 15.9 Å². The normalized spacial score (nSPS) is 9.67. The molecule has 8 heteroatoms. The number of benzene rings is 1. The van der Waals surface area contributed by atoms with E-state index in [9.17, 15) is 25.0 Å². The fourth-order valence-corrected chi connectivity index (χ4v) is 1.15. The highest BCUT2D eigenvalue weighted by molar-refractivity contribution is 9.18. The molecule has 78 valence electrons. The molecule has 0 heterocycles. The maximum absolute atomic E-state index is 10.9. The number of nitro benzene ring substituents is 2. The second-order valence-electron chi connectivity index (χ2n) is 2.53. The zero-order valence-corrected chi connectivity index (χ0v) is 8.63. The first-order valence-electron chi connectivity index (χ1n) is 3.55. The molecular weight excluding hydrogens is 272 g/mol. The quantitative estimate of drug-likeness (QED) is 0.477. The van der Waals surface area contributed by atoms with E-state index >= 15 is 0 Å². The summed E-state index contributed by atoms with van der Waals surface area (Å²) in [4.78, 5) is 30.1. The number of rotatable bonds is 3. The minimum atomic E-state index is -0.799. The third-order valence-corrected chi connectivity index (χ3v) is 2.01. The highest BCUT2D eigenvalue weighted by Crippen LogP contribution is 2.23. The number of carbonyl (C=O) groups is 1. The molecule has 0 aliphatic heterocycles. The standard InChI is InChI=1S/C7H3BrN2O5/c8-7(11)4-1-5(9(12)13)3-6(2-4)10(14)15/h1-3H. The van der Waals surface area contributed by atoms with Gasteiger partial charge in [-0.15, -0.1) is 0 Å².